The number of rotatable bonds is 5. The van der Waals surface area contributed by atoms with E-state index in [1.807, 2.05) is 0 Å². The lowest BCUT2D eigenvalue weighted by Crippen LogP contribution is -2.35. The Morgan fingerprint density at radius 2 is 2.05 bits per heavy atom. The fraction of sp³-hybridized carbons (Fsp3) is 0.615. The van der Waals surface area contributed by atoms with Crippen molar-refractivity contribution in [2.45, 2.75) is 19.3 Å². The summed E-state index contributed by atoms with van der Waals surface area (Å²) in [6.07, 6.45) is 6.04. The van der Waals surface area contributed by atoms with Gasteiger partial charge in [0.05, 0.1) is 5.56 Å². The number of aromatic nitrogens is 2. The number of carbonyl (C=O) groups is 1. The molecule has 0 atom stereocenters. The van der Waals surface area contributed by atoms with Gasteiger partial charge in [-0.2, -0.15) is 0 Å². The number of piperidine rings is 1. The maximum absolute atomic E-state index is 10.7. The monoisotopic (exact) mass is 265 g/mol. The second-order valence-corrected chi connectivity index (χ2v) is 4.79. The molecule has 0 bridgehead atoms. The van der Waals surface area contributed by atoms with Gasteiger partial charge in [-0.05, 0) is 25.2 Å². The molecule has 0 aromatic carbocycles. The normalized spacial score (nSPS) is 16.6. The van der Waals surface area contributed by atoms with Gasteiger partial charge in [-0.3, -0.25) is 0 Å². The number of nitrogens with zero attached hydrogens (tertiary/aromatic N) is 3. The minimum absolute atomic E-state index is 0.124. The number of ether oxygens (including phenoxy) is 1. The Balaban J connectivity index is 1.88. The molecule has 6 nitrogen and oxygen atoms in total. The molecule has 0 radical (unpaired) electrons. The van der Waals surface area contributed by atoms with Crippen LogP contribution in [0, 0.1) is 5.92 Å². The number of hydrogen-bond acceptors (Lipinski definition) is 5. The van der Waals surface area contributed by atoms with Crippen LogP contribution in [0.25, 0.3) is 0 Å². The second kappa shape index (κ2) is 6.47. The van der Waals surface area contributed by atoms with Gasteiger partial charge in [0, 0.05) is 39.2 Å². The lowest BCUT2D eigenvalue weighted by molar-refractivity contribution is 0.0696. The molecule has 1 saturated heterocycles. The van der Waals surface area contributed by atoms with Crippen LogP contribution in [0.3, 0.4) is 0 Å². The van der Waals surface area contributed by atoms with E-state index in [-0.39, 0.29) is 5.56 Å². The third-order valence-electron chi connectivity index (χ3n) is 3.51. The highest BCUT2D eigenvalue weighted by atomic mass is 16.5. The highest BCUT2D eigenvalue weighted by Gasteiger charge is 2.20. The molecule has 1 N–H and O–H groups in total. The summed E-state index contributed by atoms with van der Waals surface area (Å²) in [5, 5.41) is 8.80. The third-order valence-corrected chi connectivity index (χ3v) is 3.51. The summed E-state index contributed by atoms with van der Waals surface area (Å²) >= 11 is 0. The fourth-order valence-electron chi connectivity index (χ4n) is 2.30. The lowest BCUT2D eigenvalue weighted by Gasteiger charge is -2.31. The van der Waals surface area contributed by atoms with Crippen molar-refractivity contribution in [3.8, 4) is 0 Å². The first-order valence-electron chi connectivity index (χ1n) is 6.50. The number of hydrogen-bond donors (Lipinski definition) is 1. The molecule has 6 heteroatoms. The molecule has 1 aromatic heterocycles. The Morgan fingerprint density at radius 3 is 2.58 bits per heavy atom. The van der Waals surface area contributed by atoms with Gasteiger partial charge in [0.25, 0.3) is 0 Å². The molecule has 1 aliphatic heterocycles. The van der Waals surface area contributed by atoms with Gasteiger partial charge in [0.1, 0.15) is 0 Å². The molecule has 0 saturated carbocycles. The van der Waals surface area contributed by atoms with Crippen molar-refractivity contribution in [2.75, 3.05) is 31.7 Å². The van der Waals surface area contributed by atoms with Crippen molar-refractivity contribution in [3.05, 3.63) is 18.0 Å². The second-order valence-electron chi connectivity index (χ2n) is 4.79. The summed E-state index contributed by atoms with van der Waals surface area (Å²) in [5.74, 6) is 0.328. The van der Waals surface area contributed by atoms with Crippen molar-refractivity contribution in [1.29, 1.82) is 0 Å². The highest BCUT2D eigenvalue weighted by Crippen LogP contribution is 2.22. The van der Waals surface area contributed by atoms with Gasteiger partial charge in [0.15, 0.2) is 0 Å². The molecule has 1 aromatic rings. The van der Waals surface area contributed by atoms with E-state index in [0.717, 1.165) is 39.0 Å². The van der Waals surface area contributed by atoms with Crippen molar-refractivity contribution < 1.29 is 14.6 Å². The summed E-state index contributed by atoms with van der Waals surface area (Å²) in [6, 6.07) is 0. The SMILES string of the molecule is COCCC1CCN(c2ncc(C(=O)O)cn2)CC1. The molecule has 2 rings (SSSR count). The third kappa shape index (κ3) is 3.64. The Kier molecular flexibility index (Phi) is 4.68. The van der Waals surface area contributed by atoms with Crippen LogP contribution >= 0.6 is 0 Å². The lowest BCUT2D eigenvalue weighted by atomic mass is 9.94. The van der Waals surface area contributed by atoms with Crippen LogP contribution in [-0.2, 0) is 4.74 Å². The van der Waals surface area contributed by atoms with Crippen molar-refractivity contribution in [1.82, 2.24) is 9.97 Å². The molecule has 0 amide bonds. The van der Waals surface area contributed by atoms with Crippen LogP contribution in [0.4, 0.5) is 5.95 Å². The molecule has 0 unspecified atom stereocenters. The highest BCUT2D eigenvalue weighted by molar-refractivity contribution is 5.86. The first-order chi connectivity index (χ1) is 9.20. The summed E-state index contributed by atoms with van der Waals surface area (Å²) in [4.78, 5) is 21.1. The van der Waals surface area contributed by atoms with Crippen molar-refractivity contribution in [3.63, 3.8) is 0 Å². The number of aromatic carboxylic acids is 1. The molecular formula is C13H19N3O3. The van der Waals surface area contributed by atoms with E-state index in [1.54, 1.807) is 7.11 Å². The molecule has 104 valence electrons. The van der Waals surface area contributed by atoms with Gasteiger partial charge in [0.2, 0.25) is 5.95 Å². The fourth-order valence-corrected chi connectivity index (χ4v) is 2.30. The Bertz CT molecular complexity index is 414. The van der Waals surface area contributed by atoms with Gasteiger partial charge < -0.3 is 14.7 Å². The van der Waals surface area contributed by atoms with E-state index in [2.05, 4.69) is 14.9 Å². The average Bonchev–Trinajstić information content (AvgIpc) is 2.46. The first-order valence-corrected chi connectivity index (χ1v) is 6.50. The van der Waals surface area contributed by atoms with E-state index >= 15 is 0 Å². The van der Waals surface area contributed by atoms with Crippen LogP contribution in [0.5, 0.6) is 0 Å². The van der Waals surface area contributed by atoms with Gasteiger partial charge in [-0.15, -0.1) is 0 Å². The van der Waals surface area contributed by atoms with Gasteiger partial charge in [-0.25, -0.2) is 14.8 Å². The summed E-state index contributed by atoms with van der Waals surface area (Å²) in [6.45, 7) is 2.65. The molecular weight excluding hydrogens is 246 g/mol. The van der Waals surface area contributed by atoms with E-state index in [9.17, 15) is 4.79 Å². The number of carboxylic acids is 1. The summed E-state index contributed by atoms with van der Waals surface area (Å²) in [5.41, 5.74) is 0.124. The topological polar surface area (TPSA) is 75.5 Å². The minimum atomic E-state index is -0.996. The molecule has 0 spiro atoms. The van der Waals surface area contributed by atoms with E-state index in [0.29, 0.717) is 11.9 Å². The van der Waals surface area contributed by atoms with Crippen LogP contribution in [0.2, 0.25) is 0 Å². The zero-order chi connectivity index (χ0) is 13.7. The molecule has 2 heterocycles. The predicted molar refractivity (Wildman–Crippen MR) is 70.4 cm³/mol. The van der Waals surface area contributed by atoms with Crippen molar-refractivity contribution in [2.24, 2.45) is 5.92 Å². The smallest absolute Gasteiger partial charge is 0.338 e. The number of methoxy groups -OCH3 is 1. The average molecular weight is 265 g/mol. The minimum Gasteiger partial charge on any atom is -0.478 e. The van der Waals surface area contributed by atoms with E-state index in [4.69, 9.17) is 9.84 Å². The maximum Gasteiger partial charge on any atom is 0.338 e. The molecule has 1 aliphatic rings. The van der Waals surface area contributed by atoms with Crippen LogP contribution in [-0.4, -0.2) is 47.8 Å². The van der Waals surface area contributed by atoms with Crippen LogP contribution in [0.1, 0.15) is 29.6 Å². The first kappa shape index (κ1) is 13.7. The Hall–Kier alpha value is -1.69. The largest absolute Gasteiger partial charge is 0.478 e. The quantitative estimate of drug-likeness (QED) is 0.868. The van der Waals surface area contributed by atoms with Gasteiger partial charge in [-0.1, -0.05) is 0 Å². The molecule has 1 fully saturated rings. The predicted octanol–water partition coefficient (Wildman–Crippen LogP) is 1.43. The summed E-state index contributed by atoms with van der Waals surface area (Å²) in [7, 11) is 1.73. The van der Waals surface area contributed by atoms with Crippen molar-refractivity contribution >= 4 is 11.9 Å². The van der Waals surface area contributed by atoms with Gasteiger partial charge >= 0.3 is 5.97 Å². The molecule has 0 aliphatic carbocycles. The van der Waals surface area contributed by atoms with Crippen LogP contribution in [0.15, 0.2) is 12.4 Å². The zero-order valence-corrected chi connectivity index (χ0v) is 11.1. The maximum atomic E-state index is 10.7. The van der Waals surface area contributed by atoms with E-state index in [1.165, 1.54) is 12.4 Å². The zero-order valence-electron chi connectivity index (χ0n) is 11.1. The molecule has 19 heavy (non-hydrogen) atoms. The summed E-state index contributed by atoms with van der Waals surface area (Å²) < 4.78 is 5.10. The number of anilines is 1. The number of carboxylic acid groups (broad SMARTS) is 1. The standard InChI is InChI=1S/C13H19N3O3/c1-19-7-4-10-2-5-16(6-3-10)13-14-8-11(9-15-13)12(17)18/h8-10H,2-7H2,1H3,(H,17,18). The van der Waals surface area contributed by atoms with Crippen LogP contribution < -0.4 is 4.90 Å². The van der Waals surface area contributed by atoms with E-state index < -0.39 is 5.97 Å². The Labute approximate surface area is 112 Å². The Morgan fingerprint density at radius 1 is 1.42 bits per heavy atom.